The van der Waals surface area contributed by atoms with Crippen molar-refractivity contribution in [3.05, 3.63) is 33.9 Å². The minimum atomic E-state index is -0.545. The van der Waals surface area contributed by atoms with Crippen molar-refractivity contribution in [2.24, 2.45) is 0 Å². The number of nitrogens with zero attached hydrogens (tertiary/aromatic N) is 1. The molecule has 106 valence electrons. The number of aromatic nitrogens is 1. The fraction of sp³-hybridized carbons (Fsp3) is 0.333. The van der Waals surface area contributed by atoms with Crippen LogP contribution in [0.1, 0.15) is 32.6 Å². The lowest BCUT2D eigenvalue weighted by molar-refractivity contribution is 0.0602. The summed E-state index contributed by atoms with van der Waals surface area (Å²) in [5.74, 6) is -0.568. The summed E-state index contributed by atoms with van der Waals surface area (Å²) in [5, 5.41) is 3.96. The van der Waals surface area contributed by atoms with Crippen LogP contribution in [0.4, 0.5) is 5.88 Å². The predicted molar refractivity (Wildman–Crippen MR) is 76.6 cm³/mol. The molecule has 0 spiro atoms. The van der Waals surface area contributed by atoms with Gasteiger partial charge >= 0.3 is 5.97 Å². The molecule has 0 fully saturated rings. The van der Waals surface area contributed by atoms with E-state index in [0.29, 0.717) is 5.69 Å². The lowest BCUT2D eigenvalue weighted by Crippen LogP contribution is -2.06. The van der Waals surface area contributed by atoms with Crippen LogP contribution in [0, 0.1) is 27.7 Å². The molecule has 0 radical (unpaired) electrons. The molecule has 0 aliphatic heterocycles. The smallest absolute Gasteiger partial charge is 0.345 e. The largest absolute Gasteiger partial charge is 0.465 e. The Bertz CT molecular complexity index is 661. The van der Waals surface area contributed by atoms with Gasteiger partial charge in [0.25, 0.3) is 0 Å². The van der Waals surface area contributed by atoms with Crippen LogP contribution in [0.3, 0.4) is 0 Å². The SMILES string of the molecule is COC(=O)c1c(-c2c(C)c(C)cc(C)c2C)noc1N. The number of benzene rings is 1. The van der Waals surface area contributed by atoms with Crippen LogP contribution in [0.25, 0.3) is 11.3 Å². The normalized spacial score (nSPS) is 10.7. The summed E-state index contributed by atoms with van der Waals surface area (Å²) in [6.45, 7) is 8.02. The van der Waals surface area contributed by atoms with Crippen LogP contribution in [0.5, 0.6) is 0 Å². The molecule has 5 heteroatoms. The number of aryl methyl sites for hydroxylation is 2. The molecule has 0 amide bonds. The molecule has 0 aliphatic carbocycles. The second-order valence-electron chi connectivity index (χ2n) is 4.90. The molecule has 1 aromatic carbocycles. The van der Waals surface area contributed by atoms with E-state index in [0.717, 1.165) is 27.8 Å². The summed E-state index contributed by atoms with van der Waals surface area (Å²) in [6, 6.07) is 2.11. The summed E-state index contributed by atoms with van der Waals surface area (Å²) >= 11 is 0. The van der Waals surface area contributed by atoms with Crippen molar-refractivity contribution in [3.63, 3.8) is 0 Å². The Balaban J connectivity index is 2.79. The van der Waals surface area contributed by atoms with Gasteiger partial charge in [-0.05, 0) is 49.9 Å². The lowest BCUT2D eigenvalue weighted by Gasteiger charge is -2.14. The van der Waals surface area contributed by atoms with Crippen molar-refractivity contribution < 1.29 is 14.1 Å². The lowest BCUT2D eigenvalue weighted by atomic mass is 9.91. The number of carbonyl (C=O) groups is 1. The summed E-state index contributed by atoms with van der Waals surface area (Å²) < 4.78 is 9.75. The van der Waals surface area contributed by atoms with E-state index < -0.39 is 5.97 Å². The number of rotatable bonds is 2. The molecule has 0 atom stereocenters. The van der Waals surface area contributed by atoms with E-state index in [4.69, 9.17) is 15.0 Å². The van der Waals surface area contributed by atoms with Crippen LogP contribution in [0.15, 0.2) is 10.6 Å². The second-order valence-corrected chi connectivity index (χ2v) is 4.90. The van der Waals surface area contributed by atoms with Crippen LogP contribution in [-0.4, -0.2) is 18.2 Å². The summed E-state index contributed by atoms with van der Waals surface area (Å²) in [5.41, 5.74) is 11.6. The van der Waals surface area contributed by atoms with E-state index >= 15 is 0 Å². The predicted octanol–water partition coefficient (Wildman–Crippen LogP) is 2.94. The number of anilines is 1. The standard InChI is InChI=1S/C15H18N2O3/c1-7-6-8(2)10(4)11(9(7)3)13-12(15(18)19-5)14(16)20-17-13/h6H,16H2,1-5H3. The molecule has 1 aromatic heterocycles. The Hall–Kier alpha value is -2.30. The highest BCUT2D eigenvalue weighted by molar-refractivity contribution is 6.01. The zero-order chi connectivity index (χ0) is 15.0. The van der Waals surface area contributed by atoms with Crippen molar-refractivity contribution in [1.29, 1.82) is 0 Å². The zero-order valence-electron chi connectivity index (χ0n) is 12.3. The van der Waals surface area contributed by atoms with Gasteiger partial charge in [0.2, 0.25) is 5.88 Å². The van der Waals surface area contributed by atoms with Gasteiger partial charge < -0.3 is 15.0 Å². The first-order chi connectivity index (χ1) is 9.38. The fourth-order valence-corrected chi connectivity index (χ4v) is 2.34. The Morgan fingerprint density at radius 1 is 1.20 bits per heavy atom. The van der Waals surface area contributed by atoms with Crippen molar-refractivity contribution >= 4 is 11.9 Å². The Morgan fingerprint density at radius 3 is 2.25 bits per heavy atom. The first kappa shape index (κ1) is 14.1. The van der Waals surface area contributed by atoms with Gasteiger partial charge in [-0.3, -0.25) is 0 Å². The third kappa shape index (κ3) is 2.05. The molecule has 2 rings (SSSR count). The molecule has 0 unspecified atom stereocenters. The van der Waals surface area contributed by atoms with Gasteiger partial charge in [0, 0.05) is 5.56 Å². The van der Waals surface area contributed by atoms with E-state index in [2.05, 4.69) is 11.2 Å². The van der Waals surface area contributed by atoms with Crippen molar-refractivity contribution in [1.82, 2.24) is 5.16 Å². The van der Waals surface area contributed by atoms with E-state index in [-0.39, 0.29) is 11.4 Å². The fourth-order valence-electron chi connectivity index (χ4n) is 2.34. The molecule has 5 nitrogen and oxygen atoms in total. The number of hydrogen-bond donors (Lipinski definition) is 1. The molecule has 20 heavy (non-hydrogen) atoms. The van der Waals surface area contributed by atoms with Gasteiger partial charge in [0.05, 0.1) is 7.11 Å². The van der Waals surface area contributed by atoms with Crippen LogP contribution in [-0.2, 0) is 4.74 Å². The van der Waals surface area contributed by atoms with Gasteiger partial charge in [0.15, 0.2) is 5.56 Å². The van der Waals surface area contributed by atoms with E-state index in [1.54, 1.807) is 0 Å². The third-order valence-electron chi connectivity index (χ3n) is 3.71. The molecular formula is C15H18N2O3. The third-order valence-corrected chi connectivity index (χ3v) is 3.71. The average Bonchev–Trinajstić information content (AvgIpc) is 2.78. The second kappa shape index (κ2) is 5.00. The van der Waals surface area contributed by atoms with Crippen molar-refractivity contribution in [2.75, 3.05) is 12.8 Å². The maximum atomic E-state index is 11.9. The highest BCUT2D eigenvalue weighted by Gasteiger charge is 2.26. The minimum Gasteiger partial charge on any atom is -0.465 e. The maximum absolute atomic E-state index is 11.9. The highest BCUT2D eigenvalue weighted by atomic mass is 16.5. The van der Waals surface area contributed by atoms with Gasteiger partial charge in [-0.25, -0.2) is 4.79 Å². The monoisotopic (exact) mass is 274 g/mol. The zero-order valence-corrected chi connectivity index (χ0v) is 12.3. The number of nitrogens with two attached hydrogens (primary N) is 1. The molecule has 0 aliphatic rings. The molecule has 0 saturated heterocycles. The Labute approximate surface area is 117 Å². The minimum absolute atomic E-state index is 0.0233. The summed E-state index contributed by atoms with van der Waals surface area (Å²) in [7, 11) is 1.31. The topological polar surface area (TPSA) is 78.3 Å². The van der Waals surface area contributed by atoms with E-state index in [1.165, 1.54) is 7.11 Å². The molecule has 2 N–H and O–H groups in total. The quantitative estimate of drug-likeness (QED) is 0.852. The van der Waals surface area contributed by atoms with Crippen molar-refractivity contribution in [3.8, 4) is 11.3 Å². The molecule has 1 heterocycles. The number of carbonyl (C=O) groups excluding carboxylic acids is 1. The highest BCUT2D eigenvalue weighted by Crippen LogP contribution is 2.35. The maximum Gasteiger partial charge on any atom is 0.345 e. The van der Waals surface area contributed by atoms with E-state index in [1.807, 2.05) is 27.7 Å². The number of ether oxygens (including phenoxy) is 1. The summed E-state index contributed by atoms with van der Waals surface area (Å²) in [6.07, 6.45) is 0. The van der Waals surface area contributed by atoms with Gasteiger partial charge in [0.1, 0.15) is 5.69 Å². The van der Waals surface area contributed by atoms with Crippen LogP contribution in [0.2, 0.25) is 0 Å². The Kier molecular flexibility index (Phi) is 3.53. The number of hydrogen-bond acceptors (Lipinski definition) is 5. The summed E-state index contributed by atoms with van der Waals surface area (Å²) in [4.78, 5) is 11.9. The number of nitrogen functional groups attached to an aromatic ring is 1. The number of esters is 1. The first-order valence-corrected chi connectivity index (χ1v) is 6.29. The molecule has 0 saturated carbocycles. The Morgan fingerprint density at radius 2 is 1.75 bits per heavy atom. The number of methoxy groups -OCH3 is 1. The average molecular weight is 274 g/mol. The van der Waals surface area contributed by atoms with Gasteiger partial charge in [-0.2, -0.15) is 0 Å². The van der Waals surface area contributed by atoms with Gasteiger partial charge in [-0.15, -0.1) is 0 Å². The van der Waals surface area contributed by atoms with Crippen LogP contribution >= 0.6 is 0 Å². The molecule has 2 aromatic rings. The molecular weight excluding hydrogens is 256 g/mol. The first-order valence-electron chi connectivity index (χ1n) is 6.29. The van der Waals surface area contributed by atoms with Crippen molar-refractivity contribution in [2.45, 2.75) is 27.7 Å². The van der Waals surface area contributed by atoms with Crippen LogP contribution < -0.4 is 5.73 Å². The van der Waals surface area contributed by atoms with E-state index in [9.17, 15) is 4.79 Å². The van der Waals surface area contributed by atoms with Gasteiger partial charge in [-0.1, -0.05) is 11.2 Å². The molecule has 0 bridgehead atoms.